The molecule has 0 unspecified atom stereocenters. The van der Waals surface area contributed by atoms with E-state index in [2.05, 4.69) is 0 Å². The maximum absolute atomic E-state index is 11.1. The third kappa shape index (κ3) is 3.34. The average Bonchev–Trinajstić information content (AvgIpc) is 2.31. The van der Waals surface area contributed by atoms with Crippen LogP contribution in [0.4, 0.5) is 0 Å². The van der Waals surface area contributed by atoms with E-state index in [-0.39, 0.29) is 18.5 Å². The highest BCUT2D eigenvalue weighted by atomic mass is 16.5. The van der Waals surface area contributed by atoms with Gasteiger partial charge in [-0.15, -0.1) is 0 Å². The molecule has 0 saturated carbocycles. The minimum atomic E-state index is -0.335. The summed E-state index contributed by atoms with van der Waals surface area (Å²) >= 11 is 0. The van der Waals surface area contributed by atoms with E-state index in [0.29, 0.717) is 5.75 Å². The first kappa shape index (κ1) is 15.2. The lowest BCUT2D eigenvalue weighted by Crippen LogP contribution is -2.10. The van der Waals surface area contributed by atoms with Gasteiger partial charge in [-0.3, -0.25) is 9.59 Å². The molecule has 4 nitrogen and oxygen atoms in total. The Morgan fingerprint density at radius 3 is 1.68 bits per heavy atom. The van der Waals surface area contributed by atoms with Crippen LogP contribution >= 0.6 is 0 Å². The van der Waals surface area contributed by atoms with Crippen molar-refractivity contribution < 1.29 is 19.1 Å². The van der Waals surface area contributed by atoms with E-state index in [1.165, 1.54) is 13.8 Å². The molecule has 0 atom stereocenters. The molecule has 0 N–H and O–H groups in total. The third-order valence-corrected chi connectivity index (χ3v) is 3.38. The predicted molar refractivity (Wildman–Crippen MR) is 72.2 cm³/mol. The maximum Gasteiger partial charge on any atom is 0.308 e. The molecule has 0 spiro atoms. The first-order chi connectivity index (χ1) is 8.75. The minimum absolute atomic E-state index is 0.245. The van der Waals surface area contributed by atoms with Gasteiger partial charge in [-0.1, -0.05) is 0 Å². The SMILES string of the molecule is CC(=O)OCc1c(C)c(C)c(OC(C)=O)c(C)c1C. The summed E-state index contributed by atoms with van der Waals surface area (Å²) in [5.41, 5.74) is 4.75. The van der Waals surface area contributed by atoms with Gasteiger partial charge < -0.3 is 9.47 Å². The van der Waals surface area contributed by atoms with Crippen LogP contribution in [0.15, 0.2) is 0 Å². The molecule has 0 aromatic heterocycles. The normalized spacial score (nSPS) is 10.2. The Bertz CT molecular complexity index is 500. The van der Waals surface area contributed by atoms with E-state index in [0.717, 1.165) is 27.8 Å². The van der Waals surface area contributed by atoms with Gasteiger partial charge >= 0.3 is 11.9 Å². The summed E-state index contributed by atoms with van der Waals surface area (Å²) < 4.78 is 10.3. The molecule has 0 radical (unpaired) electrons. The van der Waals surface area contributed by atoms with Crippen LogP contribution in [0.3, 0.4) is 0 Å². The predicted octanol–water partition coefficient (Wildman–Crippen LogP) is 2.91. The van der Waals surface area contributed by atoms with Crippen molar-refractivity contribution in [3.63, 3.8) is 0 Å². The van der Waals surface area contributed by atoms with Gasteiger partial charge in [-0.05, 0) is 55.5 Å². The van der Waals surface area contributed by atoms with Gasteiger partial charge in [0.05, 0.1) is 0 Å². The summed E-state index contributed by atoms with van der Waals surface area (Å²) in [4.78, 5) is 22.1. The highest BCUT2D eigenvalue weighted by Gasteiger charge is 2.17. The molecule has 0 fully saturated rings. The highest BCUT2D eigenvalue weighted by molar-refractivity contribution is 5.71. The summed E-state index contributed by atoms with van der Waals surface area (Å²) in [6.45, 7) is 10.7. The van der Waals surface area contributed by atoms with E-state index in [9.17, 15) is 9.59 Å². The Labute approximate surface area is 113 Å². The van der Waals surface area contributed by atoms with Crippen LogP contribution in [0.5, 0.6) is 5.75 Å². The zero-order valence-corrected chi connectivity index (χ0v) is 12.3. The third-order valence-electron chi connectivity index (χ3n) is 3.38. The first-order valence-electron chi connectivity index (χ1n) is 6.16. The number of carbonyl (C=O) groups is 2. The lowest BCUT2D eigenvalue weighted by Gasteiger charge is -2.19. The largest absolute Gasteiger partial charge is 0.461 e. The van der Waals surface area contributed by atoms with Crippen LogP contribution < -0.4 is 4.74 Å². The van der Waals surface area contributed by atoms with Crippen molar-refractivity contribution in [3.8, 4) is 5.75 Å². The molecule has 0 bridgehead atoms. The second-order valence-corrected chi connectivity index (χ2v) is 4.68. The first-order valence-corrected chi connectivity index (χ1v) is 6.16. The summed E-state index contributed by atoms with van der Waals surface area (Å²) in [5, 5.41) is 0. The molecule has 19 heavy (non-hydrogen) atoms. The monoisotopic (exact) mass is 264 g/mol. The standard InChI is InChI=1S/C15H20O4/c1-8-10(3)15(19-13(6)17)11(4)9(2)14(8)7-18-12(5)16/h7H2,1-6H3. The zero-order chi connectivity index (χ0) is 14.7. The van der Waals surface area contributed by atoms with Crippen molar-refractivity contribution in [2.75, 3.05) is 0 Å². The summed E-state index contributed by atoms with van der Waals surface area (Å²) in [5.74, 6) is -0.0371. The number of esters is 2. The molecule has 104 valence electrons. The lowest BCUT2D eigenvalue weighted by molar-refractivity contribution is -0.142. The fourth-order valence-corrected chi connectivity index (χ4v) is 2.04. The molecule has 1 aromatic carbocycles. The maximum atomic E-state index is 11.1. The zero-order valence-electron chi connectivity index (χ0n) is 12.3. The molecule has 1 aromatic rings. The summed E-state index contributed by atoms with van der Waals surface area (Å²) in [7, 11) is 0. The van der Waals surface area contributed by atoms with Crippen LogP contribution in [0.25, 0.3) is 0 Å². The van der Waals surface area contributed by atoms with E-state index < -0.39 is 0 Å². The molecule has 1 rings (SSSR count). The average molecular weight is 264 g/mol. The van der Waals surface area contributed by atoms with Crippen LogP contribution in [-0.4, -0.2) is 11.9 Å². The van der Waals surface area contributed by atoms with Gasteiger partial charge in [0.2, 0.25) is 0 Å². The van der Waals surface area contributed by atoms with Gasteiger partial charge in [-0.25, -0.2) is 0 Å². The van der Waals surface area contributed by atoms with Gasteiger partial charge in [0, 0.05) is 13.8 Å². The van der Waals surface area contributed by atoms with Crippen molar-refractivity contribution in [3.05, 3.63) is 27.8 Å². The topological polar surface area (TPSA) is 52.6 Å². The van der Waals surface area contributed by atoms with Crippen LogP contribution in [-0.2, 0) is 20.9 Å². The Morgan fingerprint density at radius 2 is 1.32 bits per heavy atom. The summed E-state index contributed by atoms with van der Waals surface area (Å²) in [6.07, 6.45) is 0. The smallest absolute Gasteiger partial charge is 0.308 e. The molecule has 0 saturated heterocycles. The van der Waals surface area contributed by atoms with Crippen molar-refractivity contribution >= 4 is 11.9 Å². The van der Waals surface area contributed by atoms with E-state index >= 15 is 0 Å². The molecule has 4 heteroatoms. The van der Waals surface area contributed by atoms with Crippen LogP contribution in [0.2, 0.25) is 0 Å². The number of rotatable bonds is 3. The number of hydrogen-bond acceptors (Lipinski definition) is 4. The Morgan fingerprint density at radius 1 is 0.842 bits per heavy atom. The number of carbonyl (C=O) groups excluding carboxylic acids is 2. The van der Waals surface area contributed by atoms with Crippen molar-refractivity contribution in [2.24, 2.45) is 0 Å². The second kappa shape index (κ2) is 5.87. The number of ether oxygens (including phenoxy) is 2. The molecule has 0 aliphatic rings. The Kier molecular flexibility index (Phi) is 4.70. The van der Waals surface area contributed by atoms with E-state index in [4.69, 9.17) is 9.47 Å². The summed E-state index contributed by atoms with van der Waals surface area (Å²) in [6, 6.07) is 0. The van der Waals surface area contributed by atoms with E-state index in [1.54, 1.807) is 0 Å². The molecule has 0 aliphatic carbocycles. The molecule has 0 aliphatic heterocycles. The quantitative estimate of drug-likeness (QED) is 0.622. The highest BCUT2D eigenvalue weighted by Crippen LogP contribution is 2.33. The lowest BCUT2D eigenvalue weighted by atomic mass is 9.93. The van der Waals surface area contributed by atoms with Crippen LogP contribution in [0, 0.1) is 27.7 Å². The molecular weight excluding hydrogens is 244 g/mol. The van der Waals surface area contributed by atoms with Crippen LogP contribution in [0.1, 0.15) is 41.7 Å². The van der Waals surface area contributed by atoms with Gasteiger partial charge in [-0.2, -0.15) is 0 Å². The van der Waals surface area contributed by atoms with Gasteiger partial charge in [0.15, 0.2) is 0 Å². The Hall–Kier alpha value is -1.84. The van der Waals surface area contributed by atoms with Crippen molar-refractivity contribution in [1.29, 1.82) is 0 Å². The fraction of sp³-hybridized carbons (Fsp3) is 0.467. The molecule has 0 heterocycles. The Balaban J connectivity index is 3.30. The van der Waals surface area contributed by atoms with E-state index in [1.807, 2.05) is 27.7 Å². The minimum Gasteiger partial charge on any atom is -0.461 e. The molecule has 0 amide bonds. The van der Waals surface area contributed by atoms with Crippen molar-refractivity contribution in [2.45, 2.75) is 48.1 Å². The number of hydrogen-bond donors (Lipinski definition) is 0. The van der Waals surface area contributed by atoms with Gasteiger partial charge in [0.25, 0.3) is 0 Å². The molecular formula is C15H20O4. The fourth-order valence-electron chi connectivity index (χ4n) is 2.04. The second-order valence-electron chi connectivity index (χ2n) is 4.68. The van der Waals surface area contributed by atoms with Crippen molar-refractivity contribution in [1.82, 2.24) is 0 Å². The van der Waals surface area contributed by atoms with Gasteiger partial charge in [0.1, 0.15) is 12.4 Å². The number of benzene rings is 1.